The van der Waals surface area contributed by atoms with Crippen LogP contribution in [0.3, 0.4) is 0 Å². The van der Waals surface area contributed by atoms with Crippen molar-refractivity contribution >= 4 is 22.2 Å². The van der Waals surface area contributed by atoms with Crippen LogP contribution in [0.1, 0.15) is 15.9 Å². The Morgan fingerprint density at radius 3 is 2.50 bits per heavy atom. The van der Waals surface area contributed by atoms with Crippen molar-refractivity contribution in [3.8, 4) is 5.75 Å². The lowest BCUT2D eigenvalue weighted by atomic mass is 10.2. The Hall–Kier alpha value is -1.82. The Morgan fingerprint density at radius 2 is 1.85 bits per heavy atom. The van der Waals surface area contributed by atoms with Gasteiger partial charge in [0.05, 0.1) is 10.0 Å². The van der Waals surface area contributed by atoms with E-state index in [1.165, 1.54) is 18.2 Å². The summed E-state index contributed by atoms with van der Waals surface area (Å²) in [6.07, 6.45) is 0.487. The normalized spacial score (nSPS) is 10.4. The summed E-state index contributed by atoms with van der Waals surface area (Å²) in [5.74, 6) is -2.54. The van der Waals surface area contributed by atoms with Crippen LogP contribution < -0.4 is 4.74 Å². The van der Waals surface area contributed by atoms with Crippen molar-refractivity contribution in [3.63, 3.8) is 0 Å². The molecular weight excluding hydrogens is 337 g/mol. The summed E-state index contributed by atoms with van der Waals surface area (Å²) in [6, 6.07) is 5.87. The molecule has 0 saturated heterocycles. The molecule has 0 spiro atoms. The highest BCUT2D eigenvalue weighted by Gasteiger charge is 2.14. The highest BCUT2D eigenvalue weighted by atomic mass is 79.9. The first-order chi connectivity index (χ1) is 9.52. The van der Waals surface area contributed by atoms with Crippen LogP contribution >= 0.6 is 15.9 Å². The molecule has 0 unspecified atom stereocenters. The van der Waals surface area contributed by atoms with Gasteiger partial charge in [-0.25, -0.2) is 13.2 Å². The molecule has 20 heavy (non-hydrogen) atoms. The van der Waals surface area contributed by atoms with Crippen molar-refractivity contribution in [3.05, 3.63) is 63.4 Å². The standard InChI is InChI=1S/C14H8BrF3O2/c15-10-2-3-11(16)9(14(10)18)7-20-13-4-1-8(6-19)5-12(13)17/h1-6H,7H2. The van der Waals surface area contributed by atoms with Crippen LogP contribution in [0.2, 0.25) is 0 Å². The van der Waals surface area contributed by atoms with Gasteiger partial charge in [-0.3, -0.25) is 4.79 Å². The lowest BCUT2D eigenvalue weighted by Crippen LogP contribution is -2.04. The zero-order chi connectivity index (χ0) is 14.7. The molecule has 2 aromatic rings. The highest BCUT2D eigenvalue weighted by molar-refractivity contribution is 9.10. The molecule has 0 aliphatic rings. The molecule has 0 heterocycles. The maximum Gasteiger partial charge on any atom is 0.165 e. The lowest BCUT2D eigenvalue weighted by molar-refractivity contribution is 0.112. The molecule has 6 heteroatoms. The van der Waals surface area contributed by atoms with Gasteiger partial charge < -0.3 is 4.74 Å². The molecule has 2 rings (SSSR count). The molecule has 2 aromatic carbocycles. The van der Waals surface area contributed by atoms with Crippen molar-refractivity contribution in [1.82, 2.24) is 0 Å². The molecule has 0 N–H and O–H groups in total. The summed E-state index contributed by atoms with van der Waals surface area (Å²) in [7, 11) is 0. The van der Waals surface area contributed by atoms with Gasteiger partial charge in [0, 0.05) is 5.56 Å². The largest absolute Gasteiger partial charge is 0.486 e. The van der Waals surface area contributed by atoms with Gasteiger partial charge in [0.15, 0.2) is 11.6 Å². The van der Waals surface area contributed by atoms with E-state index in [4.69, 9.17) is 4.74 Å². The Balaban J connectivity index is 2.21. The summed E-state index contributed by atoms with van der Waals surface area (Å²) >= 11 is 2.93. The second kappa shape index (κ2) is 6.09. The Morgan fingerprint density at radius 1 is 1.10 bits per heavy atom. The number of aldehydes is 1. The van der Waals surface area contributed by atoms with Gasteiger partial charge in [-0.05, 0) is 46.3 Å². The molecule has 0 saturated carbocycles. The fourth-order valence-electron chi connectivity index (χ4n) is 1.56. The smallest absolute Gasteiger partial charge is 0.165 e. The van der Waals surface area contributed by atoms with E-state index in [0.29, 0.717) is 6.29 Å². The minimum atomic E-state index is -0.796. The summed E-state index contributed by atoms with van der Waals surface area (Å²) < 4.78 is 45.8. The van der Waals surface area contributed by atoms with Crippen LogP contribution in [0.5, 0.6) is 5.75 Å². The molecule has 0 atom stereocenters. The number of halogens is 4. The van der Waals surface area contributed by atoms with Crippen LogP contribution in [-0.4, -0.2) is 6.29 Å². The summed E-state index contributed by atoms with van der Waals surface area (Å²) in [4.78, 5) is 10.5. The number of rotatable bonds is 4. The fraction of sp³-hybridized carbons (Fsp3) is 0.0714. The fourth-order valence-corrected chi connectivity index (χ4v) is 1.93. The number of benzene rings is 2. The first kappa shape index (κ1) is 14.6. The van der Waals surface area contributed by atoms with E-state index in [1.807, 2.05) is 0 Å². The zero-order valence-corrected chi connectivity index (χ0v) is 11.6. The van der Waals surface area contributed by atoms with Gasteiger partial charge in [-0.1, -0.05) is 0 Å². The van der Waals surface area contributed by atoms with Gasteiger partial charge >= 0.3 is 0 Å². The van der Waals surface area contributed by atoms with E-state index in [-0.39, 0.29) is 21.3 Å². The van der Waals surface area contributed by atoms with Gasteiger partial charge in [0.2, 0.25) is 0 Å². The van der Waals surface area contributed by atoms with E-state index >= 15 is 0 Å². The van der Waals surface area contributed by atoms with E-state index in [9.17, 15) is 18.0 Å². The van der Waals surface area contributed by atoms with Crippen molar-refractivity contribution in [2.24, 2.45) is 0 Å². The van der Waals surface area contributed by atoms with E-state index in [0.717, 1.165) is 12.1 Å². The average Bonchev–Trinajstić information content (AvgIpc) is 2.44. The quantitative estimate of drug-likeness (QED) is 0.612. The van der Waals surface area contributed by atoms with Crippen LogP contribution in [0.4, 0.5) is 13.2 Å². The third-order valence-electron chi connectivity index (χ3n) is 2.60. The maximum absolute atomic E-state index is 13.7. The van der Waals surface area contributed by atoms with E-state index < -0.39 is 24.1 Å². The highest BCUT2D eigenvalue weighted by Crippen LogP contribution is 2.24. The maximum atomic E-state index is 13.7. The second-order valence-corrected chi connectivity index (χ2v) is 4.77. The number of carbonyl (C=O) groups is 1. The number of hydrogen-bond donors (Lipinski definition) is 0. The Labute approximate surface area is 121 Å². The molecular formula is C14H8BrF3O2. The third kappa shape index (κ3) is 3.01. The molecule has 0 aromatic heterocycles. The lowest BCUT2D eigenvalue weighted by Gasteiger charge is -2.10. The minimum Gasteiger partial charge on any atom is -0.486 e. The Kier molecular flexibility index (Phi) is 4.44. The van der Waals surface area contributed by atoms with E-state index in [1.54, 1.807) is 0 Å². The van der Waals surface area contributed by atoms with Crippen LogP contribution in [0, 0.1) is 17.5 Å². The molecule has 0 aliphatic carbocycles. The van der Waals surface area contributed by atoms with Gasteiger partial charge in [-0.15, -0.1) is 0 Å². The number of carbonyl (C=O) groups excluding carboxylic acids is 1. The minimum absolute atomic E-state index is 0.0919. The van der Waals surface area contributed by atoms with Crippen LogP contribution in [0.15, 0.2) is 34.8 Å². The summed E-state index contributed by atoms with van der Waals surface area (Å²) in [5.41, 5.74) is -0.159. The molecule has 104 valence electrons. The SMILES string of the molecule is O=Cc1ccc(OCc2c(F)ccc(Br)c2F)c(F)c1. The predicted octanol–water partition coefficient (Wildman–Crippen LogP) is 4.26. The van der Waals surface area contributed by atoms with Crippen molar-refractivity contribution in [2.75, 3.05) is 0 Å². The van der Waals surface area contributed by atoms with Crippen LogP contribution in [-0.2, 0) is 6.61 Å². The molecule has 0 radical (unpaired) electrons. The van der Waals surface area contributed by atoms with Gasteiger partial charge in [-0.2, -0.15) is 0 Å². The van der Waals surface area contributed by atoms with Gasteiger partial charge in [0.1, 0.15) is 24.5 Å². The van der Waals surface area contributed by atoms with Crippen molar-refractivity contribution in [1.29, 1.82) is 0 Å². The van der Waals surface area contributed by atoms with Crippen LogP contribution in [0.25, 0.3) is 0 Å². The third-order valence-corrected chi connectivity index (χ3v) is 3.22. The van der Waals surface area contributed by atoms with Gasteiger partial charge in [0.25, 0.3) is 0 Å². The summed E-state index contributed by atoms with van der Waals surface area (Å²) in [6.45, 7) is -0.464. The average molecular weight is 345 g/mol. The monoisotopic (exact) mass is 344 g/mol. The molecule has 0 bridgehead atoms. The van der Waals surface area contributed by atoms with Crippen molar-refractivity contribution < 1.29 is 22.7 Å². The topological polar surface area (TPSA) is 26.3 Å². The molecule has 0 fully saturated rings. The molecule has 0 aliphatic heterocycles. The number of hydrogen-bond acceptors (Lipinski definition) is 2. The second-order valence-electron chi connectivity index (χ2n) is 3.92. The zero-order valence-electron chi connectivity index (χ0n) is 10.00. The molecule has 2 nitrogen and oxygen atoms in total. The Bertz CT molecular complexity index is 659. The van der Waals surface area contributed by atoms with E-state index in [2.05, 4.69) is 15.9 Å². The summed E-state index contributed by atoms with van der Waals surface area (Å²) in [5, 5.41) is 0. The molecule has 0 amide bonds. The first-order valence-electron chi connectivity index (χ1n) is 5.53. The first-order valence-corrected chi connectivity index (χ1v) is 6.32. The number of ether oxygens (including phenoxy) is 1. The predicted molar refractivity (Wildman–Crippen MR) is 70.2 cm³/mol. The van der Waals surface area contributed by atoms with Crippen molar-refractivity contribution in [2.45, 2.75) is 6.61 Å².